The third kappa shape index (κ3) is 4.62. The summed E-state index contributed by atoms with van der Waals surface area (Å²) < 4.78 is 0. The van der Waals surface area contributed by atoms with E-state index in [1.165, 1.54) is 0 Å². The van der Waals surface area contributed by atoms with Gasteiger partial charge in [0.05, 0.1) is 18.7 Å². The summed E-state index contributed by atoms with van der Waals surface area (Å²) >= 11 is 1.71. The summed E-state index contributed by atoms with van der Waals surface area (Å²) in [6, 6.07) is 20.3. The van der Waals surface area contributed by atoms with Gasteiger partial charge in [-0.15, -0.1) is 11.3 Å². The largest absolute Gasteiger partial charge is 0.340 e. The molecule has 1 aromatic heterocycles. The lowest BCUT2D eigenvalue weighted by Gasteiger charge is -2.34. The van der Waals surface area contributed by atoms with Crippen LogP contribution in [0.3, 0.4) is 0 Å². The van der Waals surface area contributed by atoms with E-state index in [-0.39, 0.29) is 5.91 Å². The monoisotopic (exact) mass is 377 g/mol. The third-order valence-electron chi connectivity index (χ3n) is 4.90. The molecule has 0 radical (unpaired) electrons. The van der Waals surface area contributed by atoms with Gasteiger partial charge in [-0.05, 0) is 5.56 Å². The van der Waals surface area contributed by atoms with E-state index in [2.05, 4.69) is 22.4 Å². The van der Waals surface area contributed by atoms with Crippen molar-refractivity contribution in [3.63, 3.8) is 0 Å². The highest BCUT2D eigenvalue weighted by Gasteiger charge is 2.21. The van der Waals surface area contributed by atoms with Gasteiger partial charge in [0, 0.05) is 37.1 Å². The van der Waals surface area contributed by atoms with Crippen LogP contribution in [-0.2, 0) is 17.8 Å². The van der Waals surface area contributed by atoms with E-state index < -0.39 is 0 Å². The SMILES string of the molecule is O=C(Cc1ccccc1)N1CCN(Cc2nc(-c3ccccc3)cs2)CC1. The maximum Gasteiger partial charge on any atom is 0.227 e. The molecule has 3 aromatic rings. The Morgan fingerprint density at radius 2 is 1.59 bits per heavy atom. The fraction of sp³-hybridized carbons (Fsp3) is 0.273. The molecule has 5 heteroatoms. The van der Waals surface area contributed by atoms with E-state index in [0.717, 1.165) is 54.6 Å². The molecular formula is C22H23N3OS. The van der Waals surface area contributed by atoms with E-state index in [9.17, 15) is 4.79 Å². The molecular weight excluding hydrogens is 354 g/mol. The molecule has 0 N–H and O–H groups in total. The van der Waals surface area contributed by atoms with Gasteiger partial charge < -0.3 is 4.90 Å². The molecule has 0 bridgehead atoms. The van der Waals surface area contributed by atoms with E-state index in [1.807, 2.05) is 53.4 Å². The van der Waals surface area contributed by atoms with Crippen molar-refractivity contribution in [2.75, 3.05) is 26.2 Å². The molecule has 1 fully saturated rings. The highest BCUT2D eigenvalue weighted by molar-refractivity contribution is 7.09. The summed E-state index contributed by atoms with van der Waals surface area (Å²) in [4.78, 5) is 21.6. The van der Waals surface area contributed by atoms with Crippen molar-refractivity contribution in [3.8, 4) is 11.3 Å². The molecule has 2 aromatic carbocycles. The Morgan fingerprint density at radius 3 is 2.30 bits per heavy atom. The number of carbonyl (C=O) groups is 1. The van der Waals surface area contributed by atoms with Gasteiger partial charge >= 0.3 is 0 Å². The van der Waals surface area contributed by atoms with Crippen LogP contribution >= 0.6 is 11.3 Å². The highest BCUT2D eigenvalue weighted by atomic mass is 32.1. The van der Waals surface area contributed by atoms with Crippen LogP contribution in [0.4, 0.5) is 0 Å². The zero-order chi connectivity index (χ0) is 18.5. The smallest absolute Gasteiger partial charge is 0.227 e. The second-order valence-electron chi connectivity index (χ2n) is 6.81. The van der Waals surface area contributed by atoms with Crippen LogP contribution in [0.25, 0.3) is 11.3 Å². The van der Waals surface area contributed by atoms with Gasteiger partial charge in [-0.2, -0.15) is 0 Å². The number of amides is 1. The number of hydrogen-bond donors (Lipinski definition) is 0. The van der Waals surface area contributed by atoms with Crippen LogP contribution in [-0.4, -0.2) is 46.9 Å². The molecule has 4 nitrogen and oxygen atoms in total. The number of benzene rings is 2. The van der Waals surface area contributed by atoms with Crippen molar-refractivity contribution in [2.45, 2.75) is 13.0 Å². The van der Waals surface area contributed by atoms with Gasteiger partial charge in [-0.25, -0.2) is 4.98 Å². The number of rotatable bonds is 5. The van der Waals surface area contributed by atoms with Crippen molar-refractivity contribution in [3.05, 3.63) is 76.6 Å². The Balaban J connectivity index is 1.28. The maximum atomic E-state index is 12.5. The third-order valence-corrected chi connectivity index (χ3v) is 5.74. The molecule has 0 saturated carbocycles. The molecule has 1 aliphatic rings. The molecule has 0 aliphatic carbocycles. The highest BCUT2D eigenvalue weighted by Crippen LogP contribution is 2.22. The Morgan fingerprint density at radius 1 is 0.926 bits per heavy atom. The Kier molecular flexibility index (Phi) is 5.61. The molecule has 0 unspecified atom stereocenters. The lowest BCUT2D eigenvalue weighted by Crippen LogP contribution is -2.48. The predicted octanol–water partition coefficient (Wildman–Crippen LogP) is 3.70. The second-order valence-corrected chi connectivity index (χ2v) is 7.75. The normalized spacial score (nSPS) is 15.0. The lowest BCUT2D eigenvalue weighted by molar-refractivity contribution is -0.132. The zero-order valence-corrected chi connectivity index (χ0v) is 16.1. The van der Waals surface area contributed by atoms with E-state index >= 15 is 0 Å². The fourth-order valence-electron chi connectivity index (χ4n) is 3.35. The average Bonchev–Trinajstić information content (AvgIpc) is 3.18. The molecule has 4 rings (SSSR count). The first kappa shape index (κ1) is 17.9. The van der Waals surface area contributed by atoms with E-state index in [0.29, 0.717) is 6.42 Å². The minimum Gasteiger partial charge on any atom is -0.340 e. The van der Waals surface area contributed by atoms with Crippen LogP contribution in [0, 0.1) is 0 Å². The van der Waals surface area contributed by atoms with Crippen LogP contribution in [0.5, 0.6) is 0 Å². The number of aromatic nitrogens is 1. The first-order chi connectivity index (χ1) is 13.3. The molecule has 0 atom stereocenters. The average molecular weight is 378 g/mol. The first-order valence-corrected chi connectivity index (χ1v) is 10.2. The van der Waals surface area contributed by atoms with Crippen molar-refractivity contribution in [1.29, 1.82) is 0 Å². The summed E-state index contributed by atoms with van der Waals surface area (Å²) in [6.07, 6.45) is 0.494. The molecule has 2 heterocycles. The summed E-state index contributed by atoms with van der Waals surface area (Å²) in [5.74, 6) is 0.224. The predicted molar refractivity (Wildman–Crippen MR) is 110 cm³/mol. The van der Waals surface area contributed by atoms with Crippen molar-refractivity contribution in [2.24, 2.45) is 0 Å². The topological polar surface area (TPSA) is 36.4 Å². The number of nitrogens with zero attached hydrogens (tertiary/aromatic N) is 3. The number of thiazole rings is 1. The Hall–Kier alpha value is -2.50. The summed E-state index contributed by atoms with van der Waals surface area (Å²) in [6.45, 7) is 4.25. The quantitative estimate of drug-likeness (QED) is 0.680. The summed E-state index contributed by atoms with van der Waals surface area (Å²) in [7, 11) is 0. The standard InChI is InChI=1S/C22H23N3OS/c26-22(15-18-7-3-1-4-8-18)25-13-11-24(12-14-25)16-21-23-20(17-27-21)19-9-5-2-6-10-19/h1-10,17H,11-16H2. The lowest BCUT2D eigenvalue weighted by atomic mass is 10.1. The number of carbonyl (C=O) groups excluding carboxylic acids is 1. The molecule has 27 heavy (non-hydrogen) atoms. The van der Waals surface area contributed by atoms with Crippen molar-refractivity contribution < 1.29 is 4.79 Å². The van der Waals surface area contributed by atoms with Crippen LogP contribution in [0.2, 0.25) is 0 Å². The van der Waals surface area contributed by atoms with E-state index in [1.54, 1.807) is 11.3 Å². The van der Waals surface area contributed by atoms with Gasteiger partial charge in [-0.1, -0.05) is 60.7 Å². The van der Waals surface area contributed by atoms with Crippen LogP contribution in [0.15, 0.2) is 66.0 Å². The molecule has 1 amide bonds. The summed E-state index contributed by atoms with van der Waals surface area (Å²) in [5, 5.41) is 3.27. The van der Waals surface area contributed by atoms with Crippen molar-refractivity contribution in [1.82, 2.24) is 14.8 Å². The number of hydrogen-bond acceptors (Lipinski definition) is 4. The van der Waals surface area contributed by atoms with Gasteiger partial charge in [-0.3, -0.25) is 9.69 Å². The fourth-order valence-corrected chi connectivity index (χ4v) is 4.20. The van der Waals surface area contributed by atoms with Gasteiger partial charge in [0.25, 0.3) is 0 Å². The molecule has 1 saturated heterocycles. The Bertz CT molecular complexity index is 871. The van der Waals surface area contributed by atoms with Gasteiger partial charge in [0.2, 0.25) is 5.91 Å². The molecule has 0 spiro atoms. The van der Waals surface area contributed by atoms with Gasteiger partial charge in [0.1, 0.15) is 5.01 Å². The van der Waals surface area contributed by atoms with E-state index in [4.69, 9.17) is 4.98 Å². The minimum absolute atomic E-state index is 0.224. The van der Waals surface area contributed by atoms with Crippen molar-refractivity contribution >= 4 is 17.2 Å². The second kappa shape index (κ2) is 8.46. The minimum atomic E-state index is 0.224. The van der Waals surface area contributed by atoms with Gasteiger partial charge in [0.15, 0.2) is 0 Å². The maximum absolute atomic E-state index is 12.5. The molecule has 138 valence electrons. The number of piperazine rings is 1. The Labute approximate surface area is 164 Å². The summed E-state index contributed by atoms with van der Waals surface area (Å²) in [5.41, 5.74) is 3.30. The van der Waals surface area contributed by atoms with Crippen LogP contribution in [0.1, 0.15) is 10.6 Å². The molecule has 1 aliphatic heterocycles. The van der Waals surface area contributed by atoms with Crippen LogP contribution < -0.4 is 0 Å². The zero-order valence-electron chi connectivity index (χ0n) is 15.3. The first-order valence-electron chi connectivity index (χ1n) is 9.32.